The molecule has 0 amide bonds. The summed E-state index contributed by atoms with van der Waals surface area (Å²) in [5.74, 6) is 0.584. The molecular weight excluding hydrogens is 250 g/mol. The smallest absolute Gasteiger partial charge is 0.281 e. The average molecular weight is 270 g/mol. The van der Waals surface area contributed by atoms with Crippen LogP contribution >= 0.6 is 12.4 Å². The Labute approximate surface area is 104 Å². The normalized spacial score (nSPS) is 27.1. The maximum Gasteiger partial charge on any atom is 0.281 e. The van der Waals surface area contributed by atoms with Gasteiger partial charge in [-0.1, -0.05) is 0 Å². The van der Waals surface area contributed by atoms with Gasteiger partial charge in [-0.3, -0.25) is 0 Å². The molecule has 5 nitrogen and oxygen atoms in total. The van der Waals surface area contributed by atoms with Crippen molar-refractivity contribution in [3.05, 3.63) is 0 Å². The molecule has 1 atom stereocenters. The lowest BCUT2D eigenvalue weighted by Crippen LogP contribution is -2.42. The minimum Gasteiger partial charge on any atom is -0.326 e. The number of halogens is 1. The third-order valence-electron chi connectivity index (χ3n) is 3.12. The van der Waals surface area contributed by atoms with Gasteiger partial charge >= 0.3 is 0 Å². The van der Waals surface area contributed by atoms with Crippen LogP contribution in [0, 0.1) is 5.92 Å². The van der Waals surface area contributed by atoms with E-state index in [1.165, 1.54) is 21.5 Å². The van der Waals surface area contributed by atoms with Crippen molar-refractivity contribution < 1.29 is 8.42 Å². The summed E-state index contributed by atoms with van der Waals surface area (Å²) in [6.45, 7) is 1.70. The molecule has 0 aromatic rings. The van der Waals surface area contributed by atoms with Crippen LogP contribution in [0.15, 0.2) is 0 Å². The first-order chi connectivity index (χ1) is 7.00. The topological polar surface area (TPSA) is 66.6 Å². The fraction of sp³-hybridized carbons (Fsp3) is 1.00. The van der Waals surface area contributed by atoms with Gasteiger partial charge in [-0.15, -0.1) is 12.4 Å². The summed E-state index contributed by atoms with van der Waals surface area (Å²) in [6, 6.07) is 0.00843. The van der Waals surface area contributed by atoms with E-state index in [9.17, 15) is 8.42 Å². The van der Waals surface area contributed by atoms with Crippen LogP contribution in [0.2, 0.25) is 0 Å². The maximum atomic E-state index is 12.0. The quantitative estimate of drug-likeness (QED) is 0.783. The van der Waals surface area contributed by atoms with E-state index in [1.54, 1.807) is 7.05 Å². The van der Waals surface area contributed by atoms with Crippen LogP contribution in [0.4, 0.5) is 0 Å². The predicted octanol–water partition coefficient (Wildman–Crippen LogP) is 0.0278. The standard InChI is InChI=1S/C9H19N3O2S.ClH/c1-11(6-8-2-3-8)15(13,14)12-5-4-9(10)7-12;/h8-9H,2-7,10H2,1H3;1H. The Hall–Kier alpha value is 0.120. The largest absolute Gasteiger partial charge is 0.326 e. The fourth-order valence-electron chi connectivity index (χ4n) is 1.92. The summed E-state index contributed by atoms with van der Waals surface area (Å²) in [5, 5.41) is 0. The second-order valence-electron chi connectivity index (χ2n) is 4.64. The second kappa shape index (κ2) is 5.18. The van der Waals surface area contributed by atoms with E-state index in [0.29, 0.717) is 25.6 Å². The zero-order chi connectivity index (χ0) is 11.1. The molecule has 7 heteroatoms. The Morgan fingerprint density at radius 3 is 2.44 bits per heavy atom. The molecule has 1 aliphatic carbocycles. The van der Waals surface area contributed by atoms with Crippen molar-refractivity contribution in [2.45, 2.75) is 25.3 Å². The van der Waals surface area contributed by atoms with E-state index in [2.05, 4.69) is 0 Å². The summed E-state index contributed by atoms with van der Waals surface area (Å²) >= 11 is 0. The van der Waals surface area contributed by atoms with E-state index in [1.807, 2.05) is 0 Å². The molecule has 2 aliphatic rings. The molecule has 1 aliphatic heterocycles. The zero-order valence-corrected chi connectivity index (χ0v) is 11.1. The molecule has 0 spiro atoms. The van der Waals surface area contributed by atoms with E-state index < -0.39 is 10.2 Å². The van der Waals surface area contributed by atoms with Crippen LogP contribution in [0.5, 0.6) is 0 Å². The van der Waals surface area contributed by atoms with Gasteiger partial charge in [0, 0.05) is 32.7 Å². The first-order valence-corrected chi connectivity index (χ1v) is 6.87. The van der Waals surface area contributed by atoms with Gasteiger partial charge in [-0.05, 0) is 25.2 Å². The second-order valence-corrected chi connectivity index (χ2v) is 6.67. The molecule has 2 fully saturated rings. The number of nitrogens with zero attached hydrogens (tertiary/aromatic N) is 2. The summed E-state index contributed by atoms with van der Waals surface area (Å²) in [7, 11) is -1.58. The van der Waals surface area contributed by atoms with Gasteiger partial charge < -0.3 is 5.73 Å². The molecule has 0 aromatic carbocycles. The van der Waals surface area contributed by atoms with Crippen molar-refractivity contribution in [1.29, 1.82) is 0 Å². The van der Waals surface area contributed by atoms with Crippen molar-refractivity contribution >= 4 is 22.6 Å². The van der Waals surface area contributed by atoms with Crippen LogP contribution in [-0.2, 0) is 10.2 Å². The highest BCUT2D eigenvalue weighted by Crippen LogP contribution is 2.30. The Kier molecular flexibility index (Phi) is 4.59. The molecule has 0 radical (unpaired) electrons. The Morgan fingerprint density at radius 2 is 2.00 bits per heavy atom. The molecule has 96 valence electrons. The van der Waals surface area contributed by atoms with Crippen molar-refractivity contribution in [3.63, 3.8) is 0 Å². The van der Waals surface area contributed by atoms with Gasteiger partial charge in [-0.25, -0.2) is 0 Å². The van der Waals surface area contributed by atoms with Crippen molar-refractivity contribution in [3.8, 4) is 0 Å². The highest BCUT2D eigenvalue weighted by molar-refractivity contribution is 7.86. The highest BCUT2D eigenvalue weighted by atomic mass is 35.5. The van der Waals surface area contributed by atoms with Crippen LogP contribution in [-0.4, -0.2) is 49.8 Å². The van der Waals surface area contributed by atoms with Crippen LogP contribution in [0.3, 0.4) is 0 Å². The van der Waals surface area contributed by atoms with Crippen molar-refractivity contribution in [1.82, 2.24) is 8.61 Å². The van der Waals surface area contributed by atoms with E-state index in [4.69, 9.17) is 5.73 Å². The lowest BCUT2D eigenvalue weighted by molar-refractivity contribution is 0.384. The molecule has 1 unspecified atom stereocenters. The van der Waals surface area contributed by atoms with Crippen LogP contribution < -0.4 is 5.73 Å². The third-order valence-corrected chi connectivity index (χ3v) is 5.04. The summed E-state index contributed by atoms with van der Waals surface area (Å²) in [6.07, 6.45) is 3.11. The summed E-state index contributed by atoms with van der Waals surface area (Å²) in [4.78, 5) is 0. The van der Waals surface area contributed by atoms with E-state index in [-0.39, 0.29) is 18.4 Å². The number of rotatable bonds is 4. The molecule has 0 bridgehead atoms. The Morgan fingerprint density at radius 1 is 1.38 bits per heavy atom. The molecule has 1 heterocycles. The average Bonchev–Trinajstić information content (AvgIpc) is 2.86. The van der Waals surface area contributed by atoms with Gasteiger partial charge in [-0.2, -0.15) is 17.0 Å². The zero-order valence-electron chi connectivity index (χ0n) is 9.50. The molecule has 2 N–H and O–H groups in total. The summed E-state index contributed by atoms with van der Waals surface area (Å²) < 4.78 is 27.1. The van der Waals surface area contributed by atoms with Gasteiger partial charge in [0.1, 0.15) is 0 Å². The summed E-state index contributed by atoms with van der Waals surface area (Å²) in [5.41, 5.74) is 5.71. The van der Waals surface area contributed by atoms with E-state index >= 15 is 0 Å². The van der Waals surface area contributed by atoms with E-state index in [0.717, 1.165) is 6.42 Å². The van der Waals surface area contributed by atoms with Crippen molar-refractivity contribution in [2.75, 3.05) is 26.7 Å². The monoisotopic (exact) mass is 269 g/mol. The molecular formula is C9H20ClN3O2S. The number of nitrogens with two attached hydrogens (primary N) is 1. The lowest BCUT2D eigenvalue weighted by Gasteiger charge is -2.23. The minimum absolute atomic E-state index is 0. The maximum absolute atomic E-state index is 12.0. The Balaban J connectivity index is 0.00000128. The van der Waals surface area contributed by atoms with Gasteiger partial charge in [0.15, 0.2) is 0 Å². The third kappa shape index (κ3) is 3.07. The molecule has 1 saturated heterocycles. The number of hydrogen-bond donors (Lipinski definition) is 1. The van der Waals surface area contributed by atoms with Crippen LogP contribution in [0.25, 0.3) is 0 Å². The first kappa shape index (κ1) is 14.2. The number of hydrogen-bond acceptors (Lipinski definition) is 3. The lowest BCUT2D eigenvalue weighted by atomic mass is 10.3. The molecule has 1 saturated carbocycles. The SMILES string of the molecule is CN(CC1CC1)S(=O)(=O)N1CCC(N)C1.Cl. The molecule has 0 aromatic heterocycles. The van der Waals surface area contributed by atoms with Gasteiger partial charge in [0.25, 0.3) is 10.2 Å². The van der Waals surface area contributed by atoms with Gasteiger partial charge in [0.2, 0.25) is 0 Å². The molecule has 16 heavy (non-hydrogen) atoms. The highest BCUT2D eigenvalue weighted by Gasteiger charge is 2.35. The van der Waals surface area contributed by atoms with Crippen molar-refractivity contribution in [2.24, 2.45) is 11.7 Å². The van der Waals surface area contributed by atoms with Gasteiger partial charge in [0.05, 0.1) is 0 Å². The fourth-order valence-corrected chi connectivity index (χ4v) is 3.43. The Bertz CT molecular complexity index is 332. The first-order valence-electron chi connectivity index (χ1n) is 5.47. The minimum atomic E-state index is -3.24. The predicted molar refractivity (Wildman–Crippen MR) is 65.7 cm³/mol. The van der Waals surface area contributed by atoms with Crippen LogP contribution in [0.1, 0.15) is 19.3 Å². The molecule has 2 rings (SSSR count).